The van der Waals surface area contributed by atoms with Gasteiger partial charge in [0.1, 0.15) is 4.90 Å². The lowest BCUT2D eigenvalue weighted by Gasteiger charge is -2.19. The first-order valence-corrected chi connectivity index (χ1v) is 9.87. The van der Waals surface area contributed by atoms with Gasteiger partial charge in [-0.3, -0.25) is 0 Å². The molecule has 0 aromatic heterocycles. The Morgan fingerprint density at radius 3 is 2.27 bits per heavy atom. The maximum Gasteiger partial charge on any atom is 0.337 e. The van der Waals surface area contributed by atoms with Crippen LogP contribution in [0, 0.1) is 0 Å². The second-order valence-electron chi connectivity index (χ2n) is 6.91. The van der Waals surface area contributed by atoms with Crippen molar-refractivity contribution in [1.82, 2.24) is 4.72 Å². The number of hydrogen-bond acceptors (Lipinski definition) is 4. The molecule has 5 nitrogen and oxygen atoms in total. The van der Waals surface area contributed by atoms with Crippen LogP contribution in [0.4, 0.5) is 0 Å². The van der Waals surface area contributed by atoms with E-state index in [1.54, 1.807) is 0 Å². The van der Waals surface area contributed by atoms with Crippen molar-refractivity contribution in [2.24, 2.45) is 0 Å². The summed E-state index contributed by atoms with van der Waals surface area (Å²) in [6.07, 6.45) is 0. The molecule has 0 aliphatic heterocycles. The highest BCUT2D eigenvalue weighted by molar-refractivity contribution is 7.89. The summed E-state index contributed by atoms with van der Waals surface area (Å²) in [4.78, 5) is 11.5. The van der Waals surface area contributed by atoms with Crippen molar-refractivity contribution in [2.45, 2.75) is 37.6 Å². The summed E-state index contributed by atoms with van der Waals surface area (Å²) in [6.45, 7) is 6.45. The molecule has 2 aromatic rings. The Kier molecular flexibility index (Phi) is 6.11. The molecule has 2 aromatic carbocycles. The van der Waals surface area contributed by atoms with E-state index in [1.807, 2.05) is 24.3 Å². The van der Waals surface area contributed by atoms with Gasteiger partial charge < -0.3 is 4.74 Å². The number of sulfonamides is 1. The fraction of sp³-hybridized carbons (Fsp3) is 0.316. The molecule has 0 saturated heterocycles. The fourth-order valence-electron chi connectivity index (χ4n) is 2.33. The third kappa shape index (κ3) is 4.84. The first kappa shape index (κ1) is 20.4. The number of halogens is 1. The molecule has 0 saturated carbocycles. The van der Waals surface area contributed by atoms with Gasteiger partial charge in [-0.2, -0.15) is 0 Å². The van der Waals surface area contributed by atoms with Crippen molar-refractivity contribution in [3.05, 3.63) is 64.2 Å². The molecule has 26 heavy (non-hydrogen) atoms. The summed E-state index contributed by atoms with van der Waals surface area (Å²) in [5.74, 6) is -0.629. The molecule has 0 amide bonds. The molecule has 0 aliphatic carbocycles. The van der Waals surface area contributed by atoms with Crippen molar-refractivity contribution in [1.29, 1.82) is 0 Å². The van der Waals surface area contributed by atoms with Crippen LogP contribution in [0.25, 0.3) is 0 Å². The van der Waals surface area contributed by atoms with Crippen LogP contribution in [0.3, 0.4) is 0 Å². The molecule has 7 heteroatoms. The summed E-state index contributed by atoms with van der Waals surface area (Å²) < 4.78 is 32.3. The van der Waals surface area contributed by atoms with E-state index in [2.05, 4.69) is 30.2 Å². The molecule has 1 N–H and O–H groups in total. The van der Waals surface area contributed by atoms with Gasteiger partial charge in [0.2, 0.25) is 10.0 Å². The number of benzene rings is 2. The van der Waals surface area contributed by atoms with Gasteiger partial charge >= 0.3 is 5.97 Å². The predicted octanol–water partition coefficient (Wildman–Crippen LogP) is 3.90. The number of methoxy groups -OCH3 is 1. The summed E-state index contributed by atoms with van der Waals surface area (Å²) in [5.41, 5.74) is 2.13. The Labute approximate surface area is 159 Å². The van der Waals surface area contributed by atoms with Gasteiger partial charge in [0.15, 0.2) is 0 Å². The highest BCUT2D eigenvalue weighted by atomic mass is 35.5. The molecule has 0 fully saturated rings. The van der Waals surface area contributed by atoms with E-state index < -0.39 is 16.0 Å². The highest BCUT2D eigenvalue weighted by Gasteiger charge is 2.20. The van der Waals surface area contributed by atoms with E-state index in [0.29, 0.717) is 0 Å². The Bertz CT molecular complexity index is 900. The van der Waals surface area contributed by atoms with Gasteiger partial charge in [-0.15, -0.1) is 0 Å². The van der Waals surface area contributed by atoms with E-state index in [9.17, 15) is 13.2 Å². The first-order chi connectivity index (χ1) is 12.0. The number of esters is 1. The standard InChI is InChI=1S/C19H22ClNO4S/c1-19(2,3)15-8-5-13(6-9-15)12-21-26(23,24)17-11-14(18(22)25-4)7-10-16(17)20/h5-11,21H,12H2,1-4H3. The Hall–Kier alpha value is -1.89. The molecule has 0 spiro atoms. The molecule has 0 bridgehead atoms. The van der Waals surface area contributed by atoms with Crippen LogP contribution in [0.1, 0.15) is 42.3 Å². The number of carbonyl (C=O) groups excluding carboxylic acids is 1. The normalized spacial score (nSPS) is 12.0. The predicted molar refractivity (Wildman–Crippen MR) is 102 cm³/mol. The second kappa shape index (κ2) is 7.78. The van der Waals surface area contributed by atoms with Crippen LogP contribution >= 0.6 is 11.6 Å². The molecular formula is C19H22ClNO4S. The molecule has 140 valence electrons. The first-order valence-electron chi connectivity index (χ1n) is 8.01. The quantitative estimate of drug-likeness (QED) is 0.779. The Morgan fingerprint density at radius 1 is 1.12 bits per heavy atom. The van der Waals surface area contributed by atoms with Crippen molar-refractivity contribution >= 4 is 27.6 Å². The Morgan fingerprint density at radius 2 is 1.73 bits per heavy atom. The average molecular weight is 396 g/mol. The van der Waals surface area contributed by atoms with Gasteiger partial charge in [-0.1, -0.05) is 56.6 Å². The average Bonchev–Trinajstić information content (AvgIpc) is 2.59. The van der Waals surface area contributed by atoms with Crippen LogP contribution in [0.5, 0.6) is 0 Å². The van der Waals surface area contributed by atoms with Crippen molar-refractivity contribution in [3.63, 3.8) is 0 Å². The van der Waals surface area contributed by atoms with Crippen LogP contribution in [-0.2, 0) is 26.7 Å². The van der Waals surface area contributed by atoms with Crippen molar-refractivity contribution in [3.8, 4) is 0 Å². The molecule has 0 unspecified atom stereocenters. The number of nitrogens with one attached hydrogen (secondary N) is 1. The maximum atomic E-state index is 12.6. The maximum absolute atomic E-state index is 12.6. The topological polar surface area (TPSA) is 72.5 Å². The lowest BCUT2D eigenvalue weighted by molar-refractivity contribution is 0.0600. The van der Waals surface area contributed by atoms with Gasteiger partial charge in [0, 0.05) is 6.54 Å². The van der Waals surface area contributed by atoms with Crippen molar-refractivity contribution in [2.75, 3.05) is 7.11 Å². The van der Waals surface area contributed by atoms with Crippen LogP contribution < -0.4 is 4.72 Å². The zero-order valence-electron chi connectivity index (χ0n) is 15.2. The third-order valence-electron chi connectivity index (χ3n) is 3.93. The van der Waals surface area contributed by atoms with Gasteiger partial charge in [0.05, 0.1) is 17.7 Å². The lowest BCUT2D eigenvalue weighted by atomic mass is 9.87. The highest BCUT2D eigenvalue weighted by Crippen LogP contribution is 2.24. The summed E-state index contributed by atoms with van der Waals surface area (Å²) in [5, 5.41) is 0.0354. The fourth-order valence-corrected chi connectivity index (χ4v) is 3.87. The monoisotopic (exact) mass is 395 g/mol. The lowest BCUT2D eigenvalue weighted by Crippen LogP contribution is -2.24. The van der Waals surface area contributed by atoms with E-state index in [-0.39, 0.29) is 27.4 Å². The zero-order valence-corrected chi connectivity index (χ0v) is 16.7. The molecule has 0 aliphatic rings. The van der Waals surface area contributed by atoms with E-state index in [1.165, 1.54) is 25.3 Å². The third-order valence-corrected chi connectivity index (χ3v) is 5.81. The van der Waals surface area contributed by atoms with Gasteiger partial charge in [0.25, 0.3) is 0 Å². The zero-order chi connectivity index (χ0) is 19.5. The summed E-state index contributed by atoms with van der Waals surface area (Å²) in [7, 11) is -2.65. The van der Waals surface area contributed by atoms with Crippen LogP contribution in [0.15, 0.2) is 47.4 Å². The van der Waals surface area contributed by atoms with Gasteiger partial charge in [-0.05, 0) is 34.7 Å². The largest absolute Gasteiger partial charge is 0.465 e. The minimum absolute atomic E-state index is 0.0277. The number of ether oxygens (including phenoxy) is 1. The number of rotatable bonds is 5. The minimum Gasteiger partial charge on any atom is -0.465 e. The molecule has 2 rings (SSSR count). The van der Waals surface area contributed by atoms with Gasteiger partial charge in [-0.25, -0.2) is 17.9 Å². The molecule has 0 heterocycles. The van der Waals surface area contributed by atoms with Crippen LogP contribution in [-0.4, -0.2) is 21.5 Å². The molecular weight excluding hydrogens is 374 g/mol. The smallest absolute Gasteiger partial charge is 0.337 e. The molecule has 0 atom stereocenters. The van der Waals surface area contributed by atoms with E-state index in [4.69, 9.17) is 11.6 Å². The number of carbonyl (C=O) groups is 1. The number of hydrogen-bond donors (Lipinski definition) is 1. The van der Waals surface area contributed by atoms with Crippen molar-refractivity contribution < 1.29 is 17.9 Å². The summed E-state index contributed by atoms with van der Waals surface area (Å²) in [6, 6.07) is 11.7. The second-order valence-corrected chi connectivity index (χ2v) is 9.05. The Balaban J connectivity index is 2.20. The minimum atomic E-state index is -3.88. The van der Waals surface area contributed by atoms with Crippen LogP contribution in [0.2, 0.25) is 5.02 Å². The molecule has 0 radical (unpaired) electrons. The van der Waals surface area contributed by atoms with E-state index in [0.717, 1.165) is 11.1 Å². The van der Waals surface area contributed by atoms with E-state index >= 15 is 0 Å². The SMILES string of the molecule is COC(=O)c1ccc(Cl)c(S(=O)(=O)NCc2ccc(C(C)(C)C)cc2)c1. The summed E-state index contributed by atoms with van der Waals surface area (Å²) >= 11 is 6.01.